The molecule has 0 amide bonds. The Labute approximate surface area is 103 Å². The third kappa shape index (κ3) is 3.22. The summed E-state index contributed by atoms with van der Waals surface area (Å²) >= 11 is 0. The van der Waals surface area contributed by atoms with Gasteiger partial charge >= 0.3 is 5.97 Å². The van der Waals surface area contributed by atoms with E-state index in [-0.39, 0.29) is 0 Å². The highest BCUT2D eigenvalue weighted by atomic mass is 16.4. The monoisotopic (exact) mass is 235 g/mol. The largest absolute Gasteiger partial charge is 0.480 e. The SMILES string of the molecule is CCC(C(=O)O)N(C)c1ccc(C(C)C)cc1. The average Bonchev–Trinajstić information content (AvgIpc) is 2.29. The van der Waals surface area contributed by atoms with E-state index in [1.54, 1.807) is 0 Å². The lowest BCUT2D eigenvalue weighted by Gasteiger charge is -2.26. The molecule has 0 aliphatic heterocycles. The van der Waals surface area contributed by atoms with E-state index in [0.717, 1.165) is 5.69 Å². The van der Waals surface area contributed by atoms with E-state index in [4.69, 9.17) is 5.11 Å². The second kappa shape index (κ2) is 5.71. The number of carboxylic acid groups (broad SMARTS) is 1. The van der Waals surface area contributed by atoms with Crippen molar-refractivity contribution in [3.8, 4) is 0 Å². The van der Waals surface area contributed by atoms with Crippen LogP contribution in [0.15, 0.2) is 24.3 Å². The molecule has 17 heavy (non-hydrogen) atoms. The number of carboxylic acids is 1. The van der Waals surface area contributed by atoms with Crippen molar-refractivity contribution in [2.24, 2.45) is 0 Å². The van der Waals surface area contributed by atoms with Crippen LogP contribution < -0.4 is 4.90 Å². The molecule has 3 heteroatoms. The minimum Gasteiger partial charge on any atom is -0.480 e. The Hall–Kier alpha value is -1.51. The van der Waals surface area contributed by atoms with Crippen LogP contribution in [0.1, 0.15) is 38.7 Å². The molecule has 0 radical (unpaired) electrons. The predicted octanol–water partition coefficient (Wildman–Crippen LogP) is 3.11. The number of hydrogen-bond acceptors (Lipinski definition) is 2. The van der Waals surface area contributed by atoms with E-state index in [9.17, 15) is 4.79 Å². The maximum Gasteiger partial charge on any atom is 0.326 e. The summed E-state index contributed by atoms with van der Waals surface area (Å²) in [5.41, 5.74) is 2.22. The lowest BCUT2D eigenvalue weighted by atomic mass is 10.0. The number of carbonyl (C=O) groups is 1. The molecular formula is C14H21NO2. The van der Waals surface area contributed by atoms with Crippen molar-refractivity contribution >= 4 is 11.7 Å². The summed E-state index contributed by atoms with van der Waals surface area (Å²) in [5.74, 6) is -0.279. The first kappa shape index (κ1) is 13.6. The van der Waals surface area contributed by atoms with Crippen molar-refractivity contribution in [1.82, 2.24) is 0 Å². The molecule has 0 fully saturated rings. The Morgan fingerprint density at radius 1 is 1.29 bits per heavy atom. The molecule has 94 valence electrons. The smallest absolute Gasteiger partial charge is 0.326 e. The molecule has 1 aromatic carbocycles. The van der Waals surface area contributed by atoms with Gasteiger partial charge in [0.25, 0.3) is 0 Å². The molecule has 1 atom stereocenters. The summed E-state index contributed by atoms with van der Waals surface area (Å²) in [7, 11) is 1.83. The molecule has 0 aliphatic carbocycles. The van der Waals surface area contributed by atoms with Gasteiger partial charge in [0.2, 0.25) is 0 Å². The van der Waals surface area contributed by atoms with Gasteiger partial charge in [0.05, 0.1) is 0 Å². The first-order valence-electron chi connectivity index (χ1n) is 6.03. The second-order valence-electron chi connectivity index (χ2n) is 4.62. The fourth-order valence-corrected chi connectivity index (χ4v) is 1.89. The topological polar surface area (TPSA) is 40.5 Å². The Kier molecular flexibility index (Phi) is 4.55. The molecule has 0 saturated carbocycles. The Bertz CT molecular complexity index is 370. The maximum absolute atomic E-state index is 11.1. The number of benzene rings is 1. The summed E-state index contributed by atoms with van der Waals surface area (Å²) < 4.78 is 0. The van der Waals surface area contributed by atoms with E-state index >= 15 is 0 Å². The highest BCUT2D eigenvalue weighted by Gasteiger charge is 2.20. The van der Waals surface area contributed by atoms with Crippen molar-refractivity contribution in [3.63, 3.8) is 0 Å². The number of rotatable bonds is 5. The van der Waals surface area contributed by atoms with Crippen molar-refractivity contribution < 1.29 is 9.90 Å². The van der Waals surface area contributed by atoms with Crippen LogP contribution in [0.5, 0.6) is 0 Å². The van der Waals surface area contributed by atoms with E-state index < -0.39 is 12.0 Å². The van der Waals surface area contributed by atoms with Gasteiger partial charge in [-0.2, -0.15) is 0 Å². The zero-order chi connectivity index (χ0) is 13.0. The zero-order valence-electron chi connectivity index (χ0n) is 11.0. The van der Waals surface area contributed by atoms with Gasteiger partial charge in [-0.15, -0.1) is 0 Å². The molecule has 1 N–H and O–H groups in total. The molecule has 3 nitrogen and oxygen atoms in total. The predicted molar refractivity (Wildman–Crippen MR) is 70.6 cm³/mol. The van der Waals surface area contributed by atoms with Gasteiger partial charge in [-0.25, -0.2) is 4.79 Å². The summed E-state index contributed by atoms with van der Waals surface area (Å²) in [4.78, 5) is 12.9. The molecule has 0 aliphatic rings. The van der Waals surface area contributed by atoms with Gasteiger partial charge in [0, 0.05) is 12.7 Å². The van der Waals surface area contributed by atoms with Gasteiger partial charge in [-0.3, -0.25) is 0 Å². The first-order chi connectivity index (χ1) is 7.97. The number of likely N-dealkylation sites (N-methyl/N-ethyl adjacent to an activating group) is 1. The molecule has 0 heterocycles. The van der Waals surface area contributed by atoms with Gasteiger partial charge in [-0.1, -0.05) is 32.9 Å². The summed E-state index contributed by atoms with van der Waals surface area (Å²) in [6.07, 6.45) is 0.595. The molecule has 1 unspecified atom stereocenters. The van der Waals surface area contributed by atoms with E-state index in [0.29, 0.717) is 12.3 Å². The highest BCUT2D eigenvalue weighted by molar-refractivity contribution is 5.78. The van der Waals surface area contributed by atoms with Crippen LogP contribution in [-0.4, -0.2) is 24.2 Å². The van der Waals surface area contributed by atoms with E-state index in [1.165, 1.54) is 5.56 Å². The van der Waals surface area contributed by atoms with Crippen LogP contribution in [0.4, 0.5) is 5.69 Å². The summed E-state index contributed by atoms with van der Waals surface area (Å²) in [6, 6.07) is 7.64. The van der Waals surface area contributed by atoms with Gasteiger partial charge in [0.15, 0.2) is 0 Å². The summed E-state index contributed by atoms with van der Waals surface area (Å²) in [6.45, 7) is 6.17. The minimum atomic E-state index is -0.775. The van der Waals surface area contributed by atoms with Crippen LogP contribution in [0.25, 0.3) is 0 Å². The van der Waals surface area contributed by atoms with Crippen molar-refractivity contribution in [2.45, 2.75) is 39.2 Å². The molecule has 1 aromatic rings. The van der Waals surface area contributed by atoms with Crippen molar-refractivity contribution in [1.29, 1.82) is 0 Å². The van der Waals surface area contributed by atoms with Gasteiger partial charge in [-0.05, 0) is 30.0 Å². The number of anilines is 1. The lowest BCUT2D eigenvalue weighted by Crippen LogP contribution is -2.37. The van der Waals surface area contributed by atoms with E-state index in [1.807, 2.05) is 31.0 Å². The van der Waals surface area contributed by atoms with Gasteiger partial charge < -0.3 is 10.0 Å². The van der Waals surface area contributed by atoms with Crippen molar-refractivity contribution in [2.75, 3.05) is 11.9 Å². The first-order valence-corrected chi connectivity index (χ1v) is 6.03. The minimum absolute atomic E-state index is 0.458. The Balaban J connectivity index is 2.88. The fraction of sp³-hybridized carbons (Fsp3) is 0.500. The fourth-order valence-electron chi connectivity index (χ4n) is 1.89. The number of hydrogen-bond donors (Lipinski definition) is 1. The van der Waals surface area contributed by atoms with Crippen LogP contribution in [0.3, 0.4) is 0 Å². The molecule has 0 aromatic heterocycles. The number of nitrogens with zero attached hydrogens (tertiary/aromatic N) is 1. The quantitative estimate of drug-likeness (QED) is 0.852. The maximum atomic E-state index is 11.1. The number of aliphatic carboxylic acids is 1. The molecule has 0 bridgehead atoms. The van der Waals surface area contributed by atoms with Crippen LogP contribution in [0.2, 0.25) is 0 Å². The zero-order valence-corrected chi connectivity index (χ0v) is 11.0. The molecule has 0 spiro atoms. The molecule has 0 saturated heterocycles. The van der Waals surface area contributed by atoms with Crippen molar-refractivity contribution in [3.05, 3.63) is 29.8 Å². The normalized spacial score (nSPS) is 12.5. The third-order valence-electron chi connectivity index (χ3n) is 3.11. The third-order valence-corrected chi connectivity index (χ3v) is 3.11. The lowest BCUT2D eigenvalue weighted by molar-refractivity contribution is -0.138. The Morgan fingerprint density at radius 3 is 2.18 bits per heavy atom. The standard InChI is InChI=1S/C14H21NO2/c1-5-13(14(16)17)15(4)12-8-6-11(7-9-12)10(2)3/h6-10,13H,5H2,1-4H3,(H,16,17). The Morgan fingerprint density at radius 2 is 1.82 bits per heavy atom. The van der Waals surface area contributed by atoms with E-state index in [2.05, 4.69) is 26.0 Å². The molecule has 1 rings (SSSR count). The molecular weight excluding hydrogens is 214 g/mol. The summed E-state index contributed by atoms with van der Waals surface area (Å²) in [5, 5.41) is 9.11. The highest BCUT2D eigenvalue weighted by Crippen LogP contribution is 2.21. The second-order valence-corrected chi connectivity index (χ2v) is 4.62. The van der Waals surface area contributed by atoms with Crippen LogP contribution in [0, 0.1) is 0 Å². The van der Waals surface area contributed by atoms with Crippen LogP contribution >= 0.6 is 0 Å². The average molecular weight is 235 g/mol. The van der Waals surface area contributed by atoms with Crippen LogP contribution in [-0.2, 0) is 4.79 Å². The van der Waals surface area contributed by atoms with Gasteiger partial charge in [0.1, 0.15) is 6.04 Å².